The molecule has 1 aromatic rings. The second-order valence-electron chi connectivity index (χ2n) is 4.51. The summed E-state index contributed by atoms with van der Waals surface area (Å²) in [5.41, 5.74) is 0. The van der Waals surface area contributed by atoms with Crippen LogP contribution in [0.4, 0.5) is 0 Å². The number of hydrogen-bond donors (Lipinski definition) is 2. The third-order valence-electron chi connectivity index (χ3n) is 2.71. The molecule has 2 unspecified atom stereocenters. The molecule has 19 heavy (non-hydrogen) atoms. The van der Waals surface area contributed by atoms with Crippen molar-refractivity contribution < 1.29 is 14.6 Å². The van der Waals surface area contributed by atoms with E-state index in [1.807, 2.05) is 0 Å². The van der Waals surface area contributed by atoms with Crippen LogP contribution >= 0.6 is 11.6 Å². The fourth-order valence-electron chi connectivity index (χ4n) is 1.52. The molecule has 2 atom stereocenters. The summed E-state index contributed by atoms with van der Waals surface area (Å²) in [6, 6.07) is 7.39. The van der Waals surface area contributed by atoms with Crippen LogP contribution in [0.25, 0.3) is 0 Å². The van der Waals surface area contributed by atoms with Crippen molar-refractivity contribution in [2.45, 2.75) is 25.5 Å². The molecular formula is C14H22ClNO3. The molecule has 4 nitrogen and oxygen atoms in total. The largest absolute Gasteiger partial charge is 0.491 e. The number of aliphatic hydroxyl groups excluding tert-OH is 1. The lowest BCUT2D eigenvalue weighted by atomic mass is 10.2. The molecule has 0 fully saturated rings. The van der Waals surface area contributed by atoms with Crippen LogP contribution < -0.4 is 10.1 Å². The van der Waals surface area contributed by atoms with Crippen molar-refractivity contribution >= 4 is 11.6 Å². The number of hydrogen-bond acceptors (Lipinski definition) is 4. The molecule has 1 rings (SSSR count). The van der Waals surface area contributed by atoms with Crippen LogP contribution in [0.3, 0.4) is 0 Å². The van der Waals surface area contributed by atoms with Crippen molar-refractivity contribution in [2.24, 2.45) is 0 Å². The quantitative estimate of drug-likeness (QED) is 0.730. The van der Waals surface area contributed by atoms with E-state index in [2.05, 4.69) is 12.2 Å². The summed E-state index contributed by atoms with van der Waals surface area (Å²) in [5.74, 6) is 0.705. The Morgan fingerprint density at radius 2 is 2.00 bits per heavy atom. The van der Waals surface area contributed by atoms with Gasteiger partial charge in [0.2, 0.25) is 0 Å². The molecule has 1 aromatic carbocycles. The number of rotatable bonds is 9. The van der Waals surface area contributed by atoms with Crippen LogP contribution in [0, 0.1) is 0 Å². The molecule has 0 heterocycles. The Labute approximate surface area is 119 Å². The maximum absolute atomic E-state index is 9.79. The molecule has 0 aromatic heterocycles. The lowest BCUT2D eigenvalue weighted by Gasteiger charge is -2.17. The summed E-state index contributed by atoms with van der Waals surface area (Å²) in [5, 5.41) is 13.7. The van der Waals surface area contributed by atoms with E-state index in [1.165, 1.54) is 0 Å². The summed E-state index contributed by atoms with van der Waals surface area (Å²) < 4.78 is 10.5. The van der Waals surface area contributed by atoms with E-state index in [-0.39, 0.29) is 6.61 Å². The molecule has 0 spiro atoms. The first-order chi connectivity index (χ1) is 9.11. The highest BCUT2D eigenvalue weighted by atomic mass is 35.5. The highest BCUT2D eigenvalue weighted by Gasteiger charge is 2.08. The van der Waals surface area contributed by atoms with Crippen LogP contribution in [0.1, 0.15) is 13.3 Å². The Kier molecular flexibility index (Phi) is 7.82. The van der Waals surface area contributed by atoms with Crippen molar-refractivity contribution in [2.75, 3.05) is 26.9 Å². The Morgan fingerprint density at radius 3 is 2.63 bits per heavy atom. The molecule has 5 heteroatoms. The third-order valence-corrected chi connectivity index (χ3v) is 2.96. The highest BCUT2D eigenvalue weighted by molar-refractivity contribution is 6.30. The van der Waals surface area contributed by atoms with Crippen LogP contribution in [0.5, 0.6) is 5.75 Å². The minimum absolute atomic E-state index is 0.256. The smallest absolute Gasteiger partial charge is 0.119 e. The average molecular weight is 288 g/mol. The zero-order valence-corrected chi connectivity index (χ0v) is 12.2. The van der Waals surface area contributed by atoms with Crippen molar-refractivity contribution in [1.29, 1.82) is 0 Å². The van der Waals surface area contributed by atoms with Gasteiger partial charge in [-0.15, -0.1) is 0 Å². The second kappa shape index (κ2) is 9.15. The normalized spacial score (nSPS) is 14.1. The number of ether oxygens (including phenoxy) is 2. The monoisotopic (exact) mass is 287 g/mol. The first kappa shape index (κ1) is 16.2. The van der Waals surface area contributed by atoms with E-state index in [4.69, 9.17) is 21.1 Å². The number of benzene rings is 1. The van der Waals surface area contributed by atoms with Crippen LogP contribution in [-0.2, 0) is 4.74 Å². The van der Waals surface area contributed by atoms with Gasteiger partial charge in [-0.05, 0) is 37.6 Å². The van der Waals surface area contributed by atoms with Gasteiger partial charge in [0.25, 0.3) is 0 Å². The molecule has 0 saturated heterocycles. The number of nitrogens with one attached hydrogen (secondary N) is 1. The Morgan fingerprint density at radius 1 is 1.32 bits per heavy atom. The first-order valence-corrected chi connectivity index (χ1v) is 6.78. The van der Waals surface area contributed by atoms with Crippen molar-refractivity contribution in [3.05, 3.63) is 29.3 Å². The maximum atomic E-state index is 9.79. The van der Waals surface area contributed by atoms with E-state index in [1.54, 1.807) is 31.4 Å². The molecule has 0 radical (unpaired) electrons. The predicted molar refractivity (Wildman–Crippen MR) is 76.9 cm³/mol. The molecule has 0 amide bonds. The zero-order chi connectivity index (χ0) is 14.1. The SMILES string of the molecule is COCCC(C)NCC(O)COc1ccc(Cl)cc1. The van der Waals surface area contributed by atoms with Gasteiger partial charge >= 0.3 is 0 Å². The minimum atomic E-state index is -0.541. The fourth-order valence-corrected chi connectivity index (χ4v) is 1.64. The van der Waals surface area contributed by atoms with Gasteiger partial charge in [0.15, 0.2) is 0 Å². The number of methoxy groups -OCH3 is 1. The Bertz CT molecular complexity index is 345. The topological polar surface area (TPSA) is 50.7 Å². The van der Waals surface area contributed by atoms with Crippen LogP contribution in [-0.4, -0.2) is 44.1 Å². The van der Waals surface area contributed by atoms with Crippen molar-refractivity contribution in [3.8, 4) is 5.75 Å². The van der Waals surface area contributed by atoms with E-state index < -0.39 is 6.10 Å². The number of halogens is 1. The molecule has 0 aliphatic rings. The lowest BCUT2D eigenvalue weighted by molar-refractivity contribution is 0.102. The van der Waals surface area contributed by atoms with Gasteiger partial charge in [0.05, 0.1) is 0 Å². The molecule has 0 aliphatic heterocycles. The Balaban J connectivity index is 2.17. The summed E-state index contributed by atoms with van der Waals surface area (Å²) >= 11 is 5.78. The molecule has 0 aliphatic carbocycles. The van der Waals surface area contributed by atoms with Crippen LogP contribution in [0.2, 0.25) is 5.02 Å². The molecule has 0 saturated carbocycles. The van der Waals surface area contributed by atoms with E-state index in [9.17, 15) is 5.11 Å². The highest BCUT2D eigenvalue weighted by Crippen LogP contribution is 2.15. The van der Waals surface area contributed by atoms with Gasteiger partial charge in [-0.2, -0.15) is 0 Å². The lowest BCUT2D eigenvalue weighted by Crippen LogP contribution is -2.37. The standard InChI is InChI=1S/C14H22ClNO3/c1-11(7-8-18-2)16-9-13(17)10-19-14-5-3-12(15)4-6-14/h3-6,11,13,16-17H,7-10H2,1-2H3. The number of aliphatic hydroxyl groups is 1. The van der Waals surface area contributed by atoms with Gasteiger partial charge in [0.1, 0.15) is 18.5 Å². The summed E-state index contributed by atoms with van der Waals surface area (Å²) in [7, 11) is 1.68. The van der Waals surface area contributed by atoms with Crippen LogP contribution in [0.15, 0.2) is 24.3 Å². The summed E-state index contributed by atoms with van der Waals surface area (Å²) in [6.45, 7) is 3.53. The van der Waals surface area contributed by atoms with E-state index in [0.717, 1.165) is 6.42 Å². The van der Waals surface area contributed by atoms with E-state index in [0.29, 0.717) is 30.0 Å². The fraction of sp³-hybridized carbons (Fsp3) is 0.571. The van der Waals surface area contributed by atoms with Crippen molar-refractivity contribution in [1.82, 2.24) is 5.32 Å². The predicted octanol–water partition coefficient (Wildman–Crippen LogP) is 2.09. The van der Waals surface area contributed by atoms with Gasteiger partial charge in [-0.3, -0.25) is 0 Å². The molecule has 2 N–H and O–H groups in total. The molecule has 0 bridgehead atoms. The minimum Gasteiger partial charge on any atom is -0.491 e. The van der Waals surface area contributed by atoms with Gasteiger partial charge < -0.3 is 19.9 Å². The summed E-state index contributed by atoms with van der Waals surface area (Å²) in [6.07, 6.45) is 0.377. The van der Waals surface area contributed by atoms with E-state index >= 15 is 0 Å². The van der Waals surface area contributed by atoms with Gasteiger partial charge in [0, 0.05) is 31.3 Å². The summed E-state index contributed by atoms with van der Waals surface area (Å²) in [4.78, 5) is 0. The molecule has 108 valence electrons. The molecular weight excluding hydrogens is 266 g/mol. The van der Waals surface area contributed by atoms with Crippen molar-refractivity contribution in [3.63, 3.8) is 0 Å². The van der Waals surface area contributed by atoms with Gasteiger partial charge in [-0.25, -0.2) is 0 Å². The zero-order valence-electron chi connectivity index (χ0n) is 11.4. The second-order valence-corrected chi connectivity index (χ2v) is 4.95. The third kappa shape index (κ3) is 7.38. The first-order valence-electron chi connectivity index (χ1n) is 6.40. The Hall–Kier alpha value is -0.810. The average Bonchev–Trinajstić information content (AvgIpc) is 2.42. The maximum Gasteiger partial charge on any atom is 0.119 e. The van der Waals surface area contributed by atoms with Gasteiger partial charge in [-0.1, -0.05) is 11.6 Å².